The van der Waals surface area contributed by atoms with E-state index in [1.165, 1.54) is 0 Å². The molecule has 0 fully saturated rings. The van der Waals surface area contributed by atoms with Gasteiger partial charge in [-0.1, -0.05) is 32.0 Å². The molecule has 0 saturated heterocycles. The Balaban J connectivity index is 2.52. The van der Waals surface area contributed by atoms with Crippen molar-refractivity contribution in [2.75, 3.05) is 25.0 Å². The first kappa shape index (κ1) is 14.7. The number of nitrogens with zero attached hydrogens (tertiary/aromatic N) is 1. The third-order valence-corrected chi connectivity index (χ3v) is 2.87. The van der Waals surface area contributed by atoms with E-state index in [0.29, 0.717) is 6.54 Å². The summed E-state index contributed by atoms with van der Waals surface area (Å²) in [7, 11) is 0. The maximum atomic E-state index is 12.0. The zero-order valence-electron chi connectivity index (χ0n) is 11.7. The van der Waals surface area contributed by atoms with Gasteiger partial charge < -0.3 is 5.32 Å². The van der Waals surface area contributed by atoms with Crippen LogP contribution in [0.1, 0.15) is 32.3 Å². The molecule has 0 aliphatic heterocycles. The van der Waals surface area contributed by atoms with Crippen LogP contribution in [0.2, 0.25) is 0 Å². The van der Waals surface area contributed by atoms with Crippen LogP contribution in [0.4, 0.5) is 5.69 Å². The quantitative estimate of drug-likeness (QED) is 0.804. The first-order valence-corrected chi connectivity index (χ1v) is 6.75. The normalized spacial score (nSPS) is 10.7. The van der Waals surface area contributed by atoms with Crippen molar-refractivity contribution in [3.8, 4) is 0 Å². The monoisotopic (exact) mass is 248 g/mol. The smallest absolute Gasteiger partial charge is 0.238 e. The Morgan fingerprint density at radius 3 is 2.33 bits per heavy atom. The number of aryl methyl sites for hydroxylation is 1. The van der Waals surface area contributed by atoms with Gasteiger partial charge in [0.05, 0.1) is 6.54 Å². The Hall–Kier alpha value is -1.35. The first-order chi connectivity index (χ1) is 8.67. The van der Waals surface area contributed by atoms with E-state index in [1.54, 1.807) is 0 Å². The zero-order chi connectivity index (χ0) is 13.4. The fraction of sp³-hybridized carbons (Fsp3) is 0.533. The van der Waals surface area contributed by atoms with Crippen molar-refractivity contribution in [3.05, 3.63) is 29.8 Å². The van der Waals surface area contributed by atoms with Crippen molar-refractivity contribution < 1.29 is 4.79 Å². The average Bonchev–Trinajstić information content (AvgIpc) is 2.33. The lowest BCUT2D eigenvalue weighted by Crippen LogP contribution is -2.34. The number of benzene rings is 1. The molecule has 0 bridgehead atoms. The third kappa shape index (κ3) is 4.88. The second-order valence-corrected chi connectivity index (χ2v) is 4.64. The summed E-state index contributed by atoms with van der Waals surface area (Å²) < 4.78 is 0. The highest BCUT2D eigenvalue weighted by molar-refractivity contribution is 5.92. The van der Waals surface area contributed by atoms with Gasteiger partial charge in [-0.2, -0.15) is 0 Å². The molecule has 1 aromatic rings. The number of rotatable bonds is 7. The van der Waals surface area contributed by atoms with Crippen molar-refractivity contribution in [1.29, 1.82) is 0 Å². The molecule has 0 heterocycles. The van der Waals surface area contributed by atoms with E-state index in [4.69, 9.17) is 0 Å². The van der Waals surface area contributed by atoms with E-state index in [0.717, 1.165) is 37.2 Å². The molecule has 0 aliphatic rings. The summed E-state index contributed by atoms with van der Waals surface area (Å²) >= 11 is 0. The van der Waals surface area contributed by atoms with Crippen LogP contribution in [0.3, 0.4) is 0 Å². The van der Waals surface area contributed by atoms with Crippen molar-refractivity contribution in [3.63, 3.8) is 0 Å². The van der Waals surface area contributed by atoms with Gasteiger partial charge in [-0.25, -0.2) is 0 Å². The van der Waals surface area contributed by atoms with E-state index in [-0.39, 0.29) is 5.91 Å². The molecule has 0 spiro atoms. The van der Waals surface area contributed by atoms with E-state index >= 15 is 0 Å². The number of amides is 1. The van der Waals surface area contributed by atoms with Gasteiger partial charge >= 0.3 is 0 Å². The Labute approximate surface area is 110 Å². The summed E-state index contributed by atoms with van der Waals surface area (Å²) in [6, 6.07) is 7.87. The topological polar surface area (TPSA) is 32.3 Å². The number of carbonyl (C=O) groups is 1. The second kappa shape index (κ2) is 7.88. The number of nitrogens with one attached hydrogen (secondary N) is 1. The summed E-state index contributed by atoms with van der Waals surface area (Å²) in [6.45, 7) is 8.73. The molecule has 0 radical (unpaired) electrons. The molecule has 3 heteroatoms. The highest BCUT2D eigenvalue weighted by Gasteiger charge is 2.09. The lowest BCUT2D eigenvalue weighted by atomic mass is 10.2. The van der Waals surface area contributed by atoms with Gasteiger partial charge in [0.15, 0.2) is 0 Å². The molecule has 1 aromatic carbocycles. The standard InChI is InChI=1S/C15H24N2O/c1-4-10-17(11-5-2)12-15(18)16-14-9-7-6-8-13(14)3/h6-9H,4-5,10-12H2,1-3H3,(H,16,18). The van der Waals surface area contributed by atoms with Gasteiger partial charge in [-0.05, 0) is 44.5 Å². The molecule has 1 amide bonds. The minimum Gasteiger partial charge on any atom is -0.325 e. The van der Waals surface area contributed by atoms with Crippen LogP contribution in [0.25, 0.3) is 0 Å². The maximum absolute atomic E-state index is 12.0. The zero-order valence-corrected chi connectivity index (χ0v) is 11.7. The second-order valence-electron chi connectivity index (χ2n) is 4.64. The van der Waals surface area contributed by atoms with Crippen LogP contribution < -0.4 is 5.32 Å². The summed E-state index contributed by atoms with van der Waals surface area (Å²) in [4.78, 5) is 14.2. The fourth-order valence-corrected chi connectivity index (χ4v) is 2.01. The van der Waals surface area contributed by atoms with Crippen LogP contribution in [-0.2, 0) is 4.79 Å². The molecular weight excluding hydrogens is 224 g/mol. The lowest BCUT2D eigenvalue weighted by molar-refractivity contribution is -0.117. The summed E-state index contributed by atoms with van der Waals surface area (Å²) in [5.74, 6) is 0.0752. The van der Waals surface area contributed by atoms with Crippen LogP contribution in [0.5, 0.6) is 0 Å². The van der Waals surface area contributed by atoms with Crippen molar-refractivity contribution in [2.45, 2.75) is 33.6 Å². The van der Waals surface area contributed by atoms with E-state index in [9.17, 15) is 4.79 Å². The van der Waals surface area contributed by atoms with Gasteiger partial charge in [0, 0.05) is 5.69 Å². The van der Waals surface area contributed by atoms with Gasteiger partial charge in [0.2, 0.25) is 5.91 Å². The number of carbonyl (C=O) groups excluding carboxylic acids is 1. The molecule has 0 aromatic heterocycles. The lowest BCUT2D eigenvalue weighted by Gasteiger charge is -2.20. The van der Waals surface area contributed by atoms with Gasteiger partial charge in [-0.3, -0.25) is 9.69 Å². The molecule has 0 saturated carbocycles. The summed E-state index contributed by atoms with van der Waals surface area (Å²) in [6.07, 6.45) is 2.16. The van der Waals surface area contributed by atoms with Gasteiger partial charge in [0.25, 0.3) is 0 Å². The third-order valence-electron chi connectivity index (χ3n) is 2.87. The van der Waals surface area contributed by atoms with Crippen LogP contribution in [-0.4, -0.2) is 30.4 Å². The number of anilines is 1. The Morgan fingerprint density at radius 1 is 1.17 bits per heavy atom. The molecular formula is C15H24N2O. The Morgan fingerprint density at radius 2 is 1.78 bits per heavy atom. The average molecular weight is 248 g/mol. The maximum Gasteiger partial charge on any atom is 0.238 e. The predicted molar refractivity (Wildman–Crippen MR) is 76.8 cm³/mol. The van der Waals surface area contributed by atoms with Gasteiger partial charge in [0.1, 0.15) is 0 Å². The molecule has 0 unspecified atom stereocenters. The summed E-state index contributed by atoms with van der Waals surface area (Å²) in [5.41, 5.74) is 2.01. The fourth-order valence-electron chi connectivity index (χ4n) is 2.01. The Kier molecular flexibility index (Phi) is 6.44. The molecule has 3 nitrogen and oxygen atoms in total. The van der Waals surface area contributed by atoms with Crippen LogP contribution >= 0.6 is 0 Å². The van der Waals surface area contributed by atoms with Crippen molar-refractivity contribution in [2.24, 2.45) is 0 Å². The number of hydrogen-bond donors (Lipinski definition) is 1. The SMILES string of the molecule is CCCN(CCC)CC(=O)Nc1ccccc1C. The van der Waals surface area contributed by atoms with E-state index in [1.807, 2.05) is 31.2 Å². The minimum atomic E-state index is 0.0752. The molecule has 1 N–H and O–H groups in total. The molecule has 0 aliphatic carbocycles. The largest absolute Gasteiger partial charge is 0.325 e. The molecule has 0 atom stereocenters. The molecule has 1 rings (SSSR count). The van der Waals surface area contributed by atoms with Crippen molar-refractivity contribution in [1.82, 2.24) is 4.90 Å². The highest BCUT2D eigenvalue weighted by Crippen LogP contribution is 2.12. The summed E-state index contributed by atoms with van der Waals surface area (Å²) in [5, 5.41) is 2.98. The predicted octanol–water partition coefficient (Wildman–Crippen LogP) is 3.06. The molecule has 100 valence electrons. The Bertz CT molecular complexity index is 371. The number of hydrogen-bond acceptors (Lipinski definition) is 2. The van der Waals surface area contributed by atoms with Gasteiger partial charge in [-0.15, -0.1) is 0 Å². The van der Waals surface area contributed by atoms with Crippen LogP contribution in [0, 0.1) is 6.92 Å². The highest BCUT2D eigenvalue weighted by atomic mass is 16.2. The minimum absolute atomic E-state index is 0.0752. The van der Waals surface area contributed by atoms with Crippen LogP contribution in [0.15, 0.2) is 24.3 Å². The molecule has 18 heavy (non-hydrogen) atoms. The van der Waals surface area contributed by atoms with E-state index < -0.39 is 0 Å². The van der Waals surface area contributed by atoms with Crippen molar-refractivity contribution >= 4 is 11.6 Å². The van der Waals surface area contributed by atoms with E-state index in [2.05, 4.69) is 24.1 Å². The first-order valence-electron chi connectivity index (χ1n) is 6.75. The number of para-hydroxylation sites is 1.